The van der Waals surface area contributed by atoms with E-state index in [4.69, 9.17) is 5.11 Å². The maximum absolute atomic E-state index is 12.3. The summed E-state index contributed by atoms with van der Waals surface area (Å²) in [5.41, 5.74) is 0. The Morgan fingerprint density at radius 2 is 1.96 bits per heavy atom. The third-order valence-electron chi connectivity index (χ3n) is 4.64. The highest BCUT2D eigenvalue weighted by Crippen LogP contribution is 2.18. The lowest BCUT2D eigenvalue weighted by atomic mass is 9.96. The summed E-state index contributed by atoms with van der Waals surface area (Å²) in [6.45, 7) is 3.20. The van der Waals surface area contributed by atoms with Crippen LogP contribution in [0, 0.1) is 11.8 Å². The topological polar surface area (TPSA) is 98.7 Å². The van der Waals surface area contributed by atoms with E-state index < -0.39 is 5.97 Å². The van der Waals surface area contributed by atoms with Gasteiger partial charge in [-0.3, -0.25) is 14.4 Å². The Morgan fingerprint density at radius 1 is 1.21 bits per heavy atom. The Morgan fingerprint density at radius 3 is 2.67 bits per heavy atom. The van der Waals surface area contributed by atoms with Crippen LogP contribution < -0.4 is 10.6 Å². The van der Waals surface area contributed by atoms with E-state index in [-0.39, 0.29) is 30.7 Å². The summed E-state index contributed by atoms with van der Waals surface area (Å²) in [6.07, 6.45) is 7.21. The van der Waals surface area contributed by atoms with Crippen molar-refractivity contribution in [3.8, 4) is 0 Å². The molecule has 2 heterocycles. The molecule has 0 unspecified atom stereocenters. The van der Waals surface area contributed by atoms with Crippen LogP contribution in [0.1, 0.15) is 32.1 Å². The highest BCUT2D eigenvalue weighted by Gasteiger charge is 2.27. The Hall–Kier alpha value is -1.89. The molecule has 0 aromatic rings. The lowest BCUT2D eigenvalue weighted by Crippen LogP contribution is -2.45. The standard InChI is InChI=1S/C17H27N3O4/c21-15(4-3-13-5-8-18-9-6-13)20-11-1-2-14(12-20)17(24)19-10-7-16(22)23/h3-4,13-14,18H,1-2,5-12H2,(H,19,24)(H,22,23)/b4-3+/t14-/m1/s1. The lowest BCUT2D eigenvalue weighted by Gasteiger charge is -2.31. The molecule has 7 nitrogen and oxygen atoms in total. The second kappa shape index (κ2) is 9.42. The number of hydrogen-bond acceptors (Lipinski definition) is 4. The van der Waals surface area contributed by atoms with Gasteiger partial charge in [0.25, 0.3) is 0 Å². The molecule has 0 spiro atoms. The van der Waals surface area contributed by atoms with E-state index in [1.807, 2.05) is 6.08 Å². The number of rotatable bonds is 6. The van der Waals surface area contributed by atoms with E-state index in [9.17, 15) is 14.4 Å². The quantitative estimate of drug-likeness (QED) is 0.608. The second-order valence-electron chi connectivity index (χ2n) is 6.50. The van der Waals surface area contributed by atoms with Crippen LogP contribution in [0.2, 0.25) is 0 Å². The van der Waals surface area contributed by atoms with E-state index in [1.54, 1.807) is 11.0 Å². The number of carbonyl (C=O) groups is 3. The molecule has 0 aliphatic carbocycles. The number of amides is 2. The monoisotopic (exact) mass is 337 g/mol. The highest BCUT2D eigenvalue weighted by atomic mass is 16.4. The minimum atomic E-state index is -0.932. The zero-order chi connectivity index (χ0) is 17.4. The normalized spacial score (nSPS) is 22.5. The largest absolute Gasteiger partial charge is 0.481 e. The van der Waals surface area contributed by atoms with Gasteiger partial charge < -0.3 is 20.6 Å². The third-order valence-corrected chi connectivity index (χ3v) is 4.64. The van der Waals surface area contributed by atoms with Gasteiger partial charge >= 0.3 is 5.97 Å². The Bertz CT molecular complexity index is 486. The molecule has 2 fully saturated rings. The molecule has 0 saturated carbocycles. The van der Waals surface area contributed by atoms with Crippen LogP contribution in [0.25, 0.3) is 0 Å². The fourth-order valence-corrected chi connectivity index (χ4v) is 3.19. The average Bonchev–Trinajstić information content (AvgIpc) is 2.60. The first kappa shape index (κ1) is 18.4. The Labute approximate surface area is 142 Å². The Balaban J connectivity index is 1.78. The zero-order valence-electron chi connectivity index (χ0n) is 14.0. The predicted molar refractivity (Wildman–Crippen MR) is 89.3 cm³/mol. The van der Waals surface area contributed by atoms with E-state index in [0.29, 0.717) is 19.0 Å². The van der Waals surface area contributed by atoms with Crippen molar-refractivity contribution < 1.29 is 19.5 Å². The van der Waals surface area contributed by atoms with Crippen molar-refractivity contribution in [2.45, 2.75) is 32.1 Å². The highest BCUT2D eigenvalue weighted by molar-refractivity contribution is 5.88. The minimum Gasteiger partial charge on any atom is -0.481 e. The first-order valence-corrected chi connectivity index (χ1v) is 8.73. The van der Waals surface area contributed by atoms with Crippen LogP contribution in [-0.4, -0.2) is 60.5 Å². The van der Waals surface area contributed by atoms with Crippen LogP contribution in [0.3, 0.4) is 0 Å². The molecule has 2 aliphatic rings. The summed E-state index contributed by atoms with van der Waals surface area (Å²) < 4.78 is 0. The summed E-state index contributed by atoms with van der Waals surface area (Å²) >= 11 is 0. The molecule has 0 aromatic heterocycles. The third kappa shape index (κ3) is 5.96. The molecule has 1 atom stereocenters. The molecule has 2 saturated heterocycles. The molecule has 2 amide bonds. The molecule has 24 heavy (non-hydrogen) atoms. The van der Waals surface area contributed by atoms with Gasteiger partial charge in [-0.1, -0.05) is 6.08 Å². The first-order chi connectivity index (χ1) is 11.6. The van der Waals surface area contributed by atoms with E-state index in [2.05, 4.69) is 10.6 Å². The zero-order valence-corrected chi connectivity index (χ0v) is 14.0. The molecule has 0 bridgehead atoms. The first-order valence-electron chi connectivity index (χ1n) is 8.73. The second-order valence-corrected chi connectivity index (χ2v) is 6.50. The number of nitrogens with zero attached hydrogens (tertiary/aromatic N) is 1. The van der Waals surface area contributed by atoms with Gasteiger partial charge in [-0.15, -0.1) is 0 Å². The maximum atomic E-state index is 12.3. The van der Waals surface area contributed by atoms with Gasteiger partial charge in [0, 0.05) is 19.6 Å². The van der Waals surface area contributed by atoms with Crippen LogP contribution in [-0.2, 0) is 14.4 Å². The number of carboxylic acid groups (broad SMARTS) is 1. The van der Waals surface area contributed by atoms with Gasteiger partial charge in [-0.2, -0.15) is 0 Å². The number of piperidine rings is 2. The predicted octanol–water partition coefficient (Wildman–Crippen LogP) is 0.372. The van der Waals surface area contributed by atoms with E-state index in [1.165, 1.54) is 0 Å². The van der Waals surface area contributed by atoms with Crippen molar-refractivity contribution in [2.24, 2.45) is 11.8 Å². The smallest absolute Gasteiger partial charge is 0.305 e. The number of likely N-dealkylation sites (tertiary alicyclic amines) is 1. The van der Waals surface area contributed by atoms with Crippen molar-refractivity contribution >= 4 is 17.8 Å². The molecule has 2 rings (SSSR count). The fourth-order valence-electron chi connectivity index (χ4n) is 3.19. The molecule has 0 radical (unpaired) electrons. The average molecular weight is 337 g/mol. The lowest BCUT2D eigenvalue weighted by molar-refractivity contribution is -0.137. The number of hydrogen-bond donors (Lipinski definition) is 3. The SMILES string of the molecule is O=C(O)CCNC(=O)[C@@H]1CCCN(C(=O)/C=C/C2CCNCC2)C1. The van der Waals surface area contributed by atoms with Crippen LogP contribution in [0.5, 0.6) is 0 Å². The Kier molecular flexibility index (Phi) is 7.24. The van der Waals surface area contributed by atoms with Gasteiger partial charge in [0.2, 0.25) is 11.8 Å². The van der Waals surface area contributed by atoms with E-state index in [0.717, 1.165) is 38.8 Å². The van der Waals surface area contributed by atoms with Gasteiger partial charge in [0.05, 0.1) is 12.3 Å². The number of carboxylic acids is 1. The van der Waals surface area contributed by atoms with Crippen molar-refractivity contribution in [1.29, 1.82) is 0 Å². The number of carbonyl (C=O) groups excluding carboxylic acids is 2. The number of allylic oxidation sites excluding steroid dienone is 1. The van der Waals surface area contributed by atoms with Gasteiger partial charge in [-0.25, -0.2) is 0 Å². The summed E-state index contributed by atoms with van der Waals surface area (Å²) in [5, 5.41) is 14.5. The molecular weight excluding hydrogens is 310 g/mol. The molecule has 134 valence electrons. The van der Waals surface area contributed by atoms with Crippen molar-refractivity contribution in [3.05, 3.63) is 12.2 Å². The van der Waals surface area contributed by atoms with Crippen LogP contribution >= 0.6 is 0 Å². The summed E-state index contributed by atoms with van der Waals surface area (Å²) in [7, 11) is 0. The summed E-state index contributed by atoms with van der Waals surface area (Å²) in [4.78, 5) is 36.6. The van der Waals surface area contributed by atoms with Gasteiger partial charge in [0.1, 0.15) is 0 Å². The molecule has 3 N–H and O–H groups in total. The van der Waals surface area contributed by atoms with E-state index >= 15 is 0 Å². The summed E-state index contributed by atoms with van der Waals surface area (Å²) in [6, 6.07) is 0. The maximum Gasteiger partial charge on any atom is 0.305 e. The van der Waals surface area contributed by atoms with Crippen LogP contribution in [0.4, 0.5) is 0 Å². The molecular formula is C17H27N3O4. The molecule has 0 aromatic carbocycles. The fraction of sp³-hybridized carbons (Fsp3) is 0.706. The van der Waals surface area contributed by atoms with Gasteiger partial charge in [-0.05, 0) is 50.8 Å². The van der Waals surface area contributed by atoms with Gasteiger partial charge in [0.15, 0.2) is 0 Å². The summed E-state index contributed by atoms with van der Waals surface area (Å²) in [5.74, 6) is -0.912. The molecule has 7 heteroatoms. The number of aliphatic carboxylic acids is 1. The van der Waals surface area contributed by atoms with Crippen molar-refractivity contribution in [2.75, 3.05) is 32.7 Å². The number of nitrogens with one attached hydrogen (secondary N) is 2. The minimum absolute atomic E-state index is 0.0310. The van der Waals surface area contributed by atoms with Crippen molar-refractivity contribution in [3.63, 3.8) is 0 Å². The van der Waals surface area contributed by atoms with Crippen molar-refractivity contribution in [1.82, 2.24) is 15.5 Å². The van der Waals surface area contributed by atoms with Crippen LogP contribution in [0.15, 0.2) is 12.2 Å². The molecule has 2 aliphatic heterocycles.